The minimum atomic E-state index is -4.84. The summed E-state index contributed by atoms with van der Waals surface area (Å²) in [6.07, 6.45) is -4.34. The van der Waals surface area contributed by atoms with Crippen LogP contribution in [0.1, 0.15) is 18.4 Å². The molecule has 1 fully saturated rings. The largest absolute Gasteiger partial charge is 0.471 e. The summed E-state index contributed by atoms with van der Waals surface area (Å²) in [6.45, 7) is 0.310. The smallest absolute Gasteiger partial charge is 0.352 e. The van der Waals surface area contributed by atoms with E-state index in [2.05, 4.69) is 5.32 Å². The number of nitrogens with one attached hydrogen (secondary N) is 1. The maximum absolute atomic E-state index is 12.3. The highest BCUT2D eigenvalue weighted by molar-refractivity contribution is 5.83. The molecule has 120 valence electrons. The predicted molar refractivity (Wildman–Crippen MR) is 73.6 cm³/mol. The number of halogens is 3. The number of hydrogen-bond acceptors (Lipinski definition) is 2. The van der Waals surface area contributed by atoms with Gasteiger partial charge in [0.25, 0.3) is 0 Å². The van der Waals surface area contributed by atoms with Crippen LogP contribution in [0.5, 0.6) is 0 Å². The number of carbonyl (C=O) groups is 2. The van der Waals surface area contributed by atoms with Crippen molar-refractivity contribution in [2.45, 2.75) is 25.6 Å². The Morgan fingerprint density at radius 2 is 1.73 bits per heavy atom. The molecule has 0 aromatic heterocycles. The summed E-state index contributed by atoms with van der Waals surface area (Å²) >= 11 is 0. The van der Waals surface area contributed by atoms with E-state index in [1.807, 2.05) is 30.3 Å². The van der Waals surface area contributed by atoms with Gasteiger partial charge >= 0.3 is 12.1 Å². The Morgan fingerprint density at radius 3 is 2.27 bits per heavy atom. The topological polar surface area (TPSA) is 49.4 Å². The average Bonchev–Trinajstić information content (AvgIpc) is 2.52. The van der Waals surface area contributed by atoms with Gasteiger partial charge in [-0.3, -0.25) is 9.59 Å². The molecule has 0 aliphatic carbocycles. The zero-order valence-corrected chi connectivity index (χ0v) is 11.9. The highest BCUT2D eigenvalue weighted by Gasteiger charge is 2.43. The Hall–Kier alpha value is -2.05. The Morgan fingerprint density at radius 1 is 1.14 bits per heavy atom. The van der Waals surface area contributed by atoms with Gasteiger partial charge in [-0.2, -0.15) is 13.2 Å². The summed E-state index contributed by atoms with van der Waals surface area (Å²) in [5.41, 5.74) is 0.959. The van der Waals surface area contributed by atoms with Gasteiger partial charge in [0, 0.05) is 25.6 Å². The van der Waals surface area contributed by atoms with Crippen LogP contribution < -0.4 is 5.32 Å². The van der Waals surface area contributed by atoms with Crippen LogP contribution in [-0.4, -0.2) is 36.0 Å². The maximum Gasteiger partial charge on any atom is 0.471 e. The molecule has 1 aromatic carbocycles. The number of rotatable bonds is 3. The van der Waals surface area contributed by atoms with Gasteiger partial charge in [0.05, 0.1) is 0 Å². The van der Waals surface area contributed by atoms with Crippen LogP contribution in [0.3, 0.4) is 0 Å². The molecule has 1 aliphatic rings. The molecule has 1 N–H and O–H groups in total. The normalized spacial score (nSPS) is 16.4. The van der Waals surface area contributed by atoms with Crippen LogP contribution >= 0.6 is 0 Å². The number of benzene rings is 1. The first-order chi connectivity index (χ1) is 10.4. The van der Waals surface area contributed by atoms with E-state index >= 15 is 0 Å². The number of amides is 2. The molecule has 1 heterocycles. The summed E-state index contributed by atoms with van der Waals surface area (Å²) in [5, 5.41) is 2.78. The van der Waals surface area contributed by atoms with Gasteiger partial charge in [-0.1, -0.05) is 30.3 Å². The molecule has 7 heteroatoms. The molecule has 2 rings (SSSR count). The molecule has 0 bridgehead atoms. The summed E-state index contributed by atoms with van der Waals surface area (Å²) < 4.78 is 37.0. The number of alkyl halides is 3. The molecule has 0 radical (unpaired) electrons. The molecule has 0 atom stereocenters. The molecule has 1 saturated heterocycles. The number of piperidine rings is 1. The van der Waals surface area contributed by atoms with Crippen molar-refractivity contribution < 1.29 is 22.8 Å². The van der Waals surface area contributed by atoms with Crippen LogP contribution in [0.15, 0.2) is 30.3 Å². The molecule has 0 unspecified atom stereocenters. The third-order valence-corrected chi connectivity index (χ3v) is 3.71. The van der Waals surface area contributed by atoms with E-state index in [4.69, 9.17) is 0 Å². The van der Waals surface area contributed by atoms with E-state index in [1.54, 1.807) is 0 Å². The first-order valence-electron chi connectivity index (χ1n) is 7.05. The van der Waals surface area contributed by atoms with Crippen molar-refractivity contribution in [3.05, 3.63) is 35.9 Å². The number of nitrogens with zero attached hydrogens (tertiary/aromatic N) is 1. The Bertz CT molecular complexity index is 523. The fourth-order valence-corrected chi connectivity index (χ4v) is 2.45. The maximum atomic E-state index is 12.3. The minimum absolute atomic E-state index is 0.0399. The van der Waals surface area contributed by atoms with Gasteiger partial charge < -0.3 is 10.2 Å². The van der Waals surface area contributed by atoms with Crippen molar-refractivity contribution in [1.82, 2.24) is 10.2 Å². The zero-order chi connectivity index (χ0) is 16.2. The first kappa shape index (κ1) is 16.3. The summed E-state index contributed by atoms with van der Waals surface area (Å²) in [6, 6.07) is 9.36. The third-order valence-electron chi connectivity index (χ3n) is 3.71. The number of hydrogen-bond donors (Lipinski definition) is 1. The van der Waals surface area contributed by atoms with Gasteiger partial charge in [-0.25, -0.2) is 0 Å². The molecule has 22 heavy (non-hydrogen) atoms. The van der Waals surface area contributed by atoms with Crippen LogP contribution in [0.25, 0.3) is 0 Å². The summed E-state index contributed by atoms with van der Waals surface area (Å²) in [7, 11) is 0. The van der Waals surface area contributed by atoms with Gasteiger partial charge in [-0.15, -0.1) is 0 Å². The second-order valence-electron chi connectivity index (χ2n) is 5.27. The van der Waals surface area contributed by atoms with Gasteiger partial charge in [0.2, 0.25) is 5.91 Å². The SMILES string of the molecule is O=C(NCc1ccccc1)C1CCN(C(=O)C(F)(F)F)CC1. The van der Waals surface area contributed by atoms with E-state index in [0.29, 0.717) is 6.54 Å². The third kappa shape index (κ3) is 4.22. The molecular weight excluding hydrogens is 297 g/mol. The summed E-state index contributed by atoms with van der Waals surface area (Å²) in [5.74, 6) is -2.35. The second kappa shape index (κ2) is 6.81. The van der Waals surface area contributed by atoms with Crippen LogP contribution in [0, 0.1) is 5.92 Å². The fourth-order valence-electron chi connectivity index (χ4n) is 2.45. The van der Waals surface area contributed by atoms with E-state index in [9.17, 15) is 22.8 Å². The molecular formula is C15H17F3N2O2. The molecule has 2 amide bonds. The highest BCUT2D eigenvalue weighted by Crippen LogP contribution is 2.24. The van der Waals surface area contributed by atoms with Crippen molar-refractivity contribution >= 4 is 11.8 Å². The lowest BCUT2D eigenvalue weighted by Crippen LogP contribution is -2.47. The van der Waals surface area contributed by atoms with E-state index in [-0.39, 0.29) is 37.8 Å². The lowest BCUT2D eigenvalue weighted by molar-refractivity contribution is -0.186. The quantitative estimate of drug-likeness (QED) is 0.929. The van der Waals surface area contributed by atoms with Crippen molar-refractivity contribution in [3.63, 3.8) is 0 Å². The lowest BCUT2D eigenvalue weighted by Gasteiger charge is -2.31. The molecule has 0 saturated carbocycles. The van der Waals surface area contributed by atoms with Crippen LogP contribution in [0.4, 0.5) is 13.2 Å². The van der Waals surface area contributed by atoms with E-state index in [1.165, 1.54) is 0 Å². The molecule has 4 nitrogen and oxygen atoms in total. The van der Waals surface area contributed by atoms with Crippen molar-refractivity contribution in [2.24, 2.45) is 5.92 Å². The monoisotopic (exact) mass is 314 g/mol. The average molecular weight is 314 g/mol. The summed E-state index contributed by atoms with van der Waals surface area (Å²) in [4.78, 5) is 23.9. The first-order valence-corrected chi connectivity index (χ1v) is 7.05. The molecule has 1 aliphatic heterocycles. The fraction of sp³-hybridized carbons (Fsp3) is 0.467. The van der Waals surface area contributed by atoms with E-state index in [0.717, 1.165) is 10.5 Å². The second-order valence-corrected chi connectivity index (χ2v) is 5.27. The molecule has 0 spiro atoms. The van der Waals surface area contributed by atoms with Crippen molar-refractivity contribution in [1.29, 1.82) is 0 Å². The van der Waals surface area contributed by atoms with Crippen LogP contribution in [0.2, 0.25) is 0 Å². The Labute approximate surface area is 126 Å². The van der Waals surface area contributed by atoms with Gasteiger partial charge in [0.15, 0.2) is 0 Å². The van der Waals surface area contributed by atoms with Gasteiger partial charge in [0.1, 0.15) is 0 Å². The standard InChI is InChI=1S/C15H17F3N2O2/c16-15(17,18)14(22)20-8-6-12(7-9-20)13(21)19-10-11-4-2-1-3-5-11/h1-5,12H,6-10H2,(H,19,21). The van der Waals surface area contributed by atoms with Crippen LogP contribution in [-0.2, 0) is 16.1 Å². The van der Waals surface area contributed by atoms with Gasteiger partial charge in [-0.05, 0) is 18.4 Å². The highest BCUT2D eigenvalue weighted by atomic mass is 19.4. The van der Waals surface area contributed by atoms with E-state index < -0.39 is 12.1 Å². The number of carbonyl (C=O) groups excluding carboxylic acids is 2. The Balaban J connectivity index is 1.79. The van der Waals surface area contributed by atoms with Crippen molar-refractivity contribution in [3.8, 4) is 0 Å². The van der Waals surface area contributed by atoms with Crippen molar-refractivity contribution in [2.75, 3.05) is 13.1 Å². The lowest BCUT2D eigenvalue weighted by atomic mass is 9.95. The molecule has 1 aromatic rings. The zero-order valence-electron chi connectivity index (χ0n) is 11.9. The minimum Gasteiger partial charge on any atom is -0.352 e. The number of likely N-dealkylation sites (tertiary alicyclic amines) is 1. The Kier molecular flexibility index (Phi) is 5.05. The predicted octanol–water partition coefficient (Wildman–Crippen LogP) is 2.10.